The Morgan fingerprint density at radius 1 is 1.29 bits per heavy atom. The summed E-state index contributed by atoms with van der Waals surface area (Å²) in [5.41, 5.74) is 1.57. The lowest BCUT2D eigenvalue weighted by molar-refractivity contribution is -0.116. The van der Waals surface area contributed by atoms with Gasteiger partial charge in [0.2, 0.25) is 5.91 Å². The van der Waals surface area contributed by atoms with Crippen LogP contribution in [0.1, 0.15) is 44.6 Å². The SMILES string of the molecule is CCCCCCC(=O)Nc1cccc(CO)c1. The number of carbonyl (C=O) groups excluding carboxylic acids is 1. The molecule has 0 aliphatic rings. The highest BCUT2D eigenvalue weighted by Gasteiger charge is 2.02. The summed E-state index contributed by atoms with van der Waals surface area (Å²) >= 11 is 0. The Hall–Kier alpha value is -1.35. The third-order valence-corrected chi connectivity index (χ3v) is 2.65. The number of benzene rings is 1. The molecule has 0 unspecified atom stereocenters. The fourth-order valence-electron chi connectivity index (χ4n) is 1.68. The number of unbranched alkanes of at least 4 members (excludes halogenated alkanes) is 3. The Morgan fingerprint density at radius 3 is 2.82 bits per heavy atom. The third-order valence-electron chi connectivity index (χ3n) is 2.65. The van der Waals surface area contributed by atoms with Crippen LogP contribution in [0.25, 0.3) is 0 Å². The molecule has 0 bridgehead atoms. The first-order valence-electron chi connectivity index (χ1n) is 6.26. The van der Waals surface area contributed by atoms with Crippen LogP contribution in [-0.4, -0.2) is 11.0 Å². The number of hydrogen-bond donors (Lipinski definition) is 2. The highest BCUT2D eigenvalue weighted by Crippen LogP contribution is 2.11. The van der Waals surface area contributed by atoms with Crippen LogP contribution in [0.15, 0.2) is 24.3 Å². The van der Waals surface area contributed by atoms with Crippen molar-refractivity contribution in [1.29, 1.82) is 0 Å². The van der Waals surface area contributed by atoms with Gasteiger partial charge in [-0.2, -0.15) is 0 Å². The van der Waals surface area contributed by atoms with Crippen molar-refractivity contribution in [2.45, 2.75) is 45.6 Å². The molecule has 0 spiro atoms. The average molecular weight is 235 g/mol. The van der Waals surface area contributed by atoms with E-state index in [0.29, 0.717) is 6.42 Å². The predicted molar refractivity (Wildman–Crippen MR) is 69.8 cm³/mol. The number of aliphatic hydroxyl groups is 1. The molecule has 1 aromatic rings. The maximum Gasteiger partial charge on any atom is 0.224 e. The van der Waals surface area contributed by atoms with Gasteiger partial charge < -0.3 is 10.4 Å². The van der Waals surface area contributed by atoms with Crippen LogP contribution < -0.4 is 5.32 Å². The summed E-state index contributed by atoms with van der Waals surface area (Å²) in [4.78, 5) is 11.6. The fourth-order valence-corrected chi connectivity index (χ4v) is 1.68. The number of aliphatic hydroxyl groups excluding tert-OH is 1. The van der Waals surface area contributed by atoms with Gasteiger partial charge in [0.15, 0.2) is 0 Å². The van der Waals surface area contributed by atoms with Crippen molar-refractivity contribution >= 4 is 11.6 Å². The summed E-state index contributed by atoms with van der Waals surface area (Å²) in [6.45, 7) is 2.15. The lowest BCUT2D eigenvalue weighted by Crippen LogP contribution is -2.11. The number of rotatable bonds is 7. The monoisotopic (exact) mass is 235 g/mol. The number of carbonyl (C=O) groups is 1. The van der Waals surface area contributed by atoms with Crippen molar-refractivity contribution in [3.05, 3.63) is 29.8 Å². The quantitative estimate of drug-likeness (QED) is 0.713. The van der Waals surface area contributed by atoms with E-state index in [0.717, 1.165) is 24.1 Å². The zero-order valence-corrected chi connectivity index (χ0v) is 10.4. The maximum absolute atomic E-state index is 11.6. The van der Waals surface area contributed by atoms with Crippen LogP contribution in [0.2, 0.25) is 0 Å². The number of hydrogen-bond acceptors (Lipinski definition) is 2. The van der Waals surface area contributed by atoms with E-state index in [-0.39, 0.29) is 12.5 Å². The van der Waals surface area contributed by atoms with E-state index in [2.05, 4.69) is 12.2 Å². The van der Waals surface area contributed by atoms with E-state index >= 15 is 0 Å². The van der Waals surface area contributed by atoms with Gasteiger partial charge in [-0.1, -0.05) is 38.3 Å². The minimum absolute atomic E-state index is 0.000209. The molecule has 0 fully saturated rings. The van der Waals surface area contributed by atoms with E-state index < -0.39 is 0 Å². The zero-order chi connectivity index (χ0) is 12.5. The maximum atomic E-state index is 11.6. The van der Waals surface area contributed by atoms with Crippen molar-refractivity contribution in [2.24, 2.45) is 0 Å². The first-order valence-corrected chi connectivity index (χ1v) is 6.26. The Balaban J connectivity index is 2.34. The summed E-state index contributed by atoms with van der Waals surface area (Å²) in [6, 6.07) is 7.29. The molecule has 0 radical (unpaired) electrons. The molecule has 17 heavy (non-hydrogen) atoms. The van der Waals surface area contributed by atoms with E-state index in [1.165, 1.54) is 12.8 Å². The molecule has 0 aromatic heterocycles. The molecule has 1 rings (SSSR count). The van der Waals surface area contributed by atoms with Crippen molar-refractivity contribution in [3.63, 3.8) is 0 Å². The highest BCUT2D eigenvalue weighted by molar-refractivity contribution is 5.90. The summed E-state index contributed by atoms with van der Waals surface area (Å²) in [7, 11) is 0. The Labute approximate surface area is 103 Å². The van der Waals surface area contributed by atoms with Gasteiger partial charge in [0, 0.05) is 12.1 Å². The third kappa shape index (κ3) is 5.50. The van der Waals surface area contributed by atoms with Gasteiger partial charge in [-0.3, -0.25) is 4.79 Å². The van der Waals surface area contributed by atoms with Gasteiger partial charge in [-0.25, -0.2) is 0 Å². The number of anilines is 1. The van der Waals surface area contributed by atoms with E-state index in [1.54, 1.807) is 6.07 Å². The highest BCUT2D eigenvalue weighted by atomic mass is 16.3. The second-order valence-corrected chi connectivity index (χ2v) is 4.22. The fraction of sp³-hybridized carbons (Fsp3) is 0.500. The molecule has 0 heterocycles. The lowest BCUT2D eigenvalue weighted by Gasteiger charge is -2.06. The largest absolute Gasteiger partial charge is 0.392 e. The van der Waals surface area contributed by atoms with Crippen LogP contribution in [-0.2, 0) is 11.4 Å². The molecule has 0 atom stereocenters. The van der Waals surface area contributed by atoms with Crippen LogP contribution in [0.3, 0.4) is 0 Å². The van der Waals surface area contributed by atoms with Crippen LogP contribution in [0.5, 0.6) is 0 Å². The molecule has 0 aliphatic heterocycles. The van der Waals surface area contributed by atoms with Crippen molar-refractivity contribution in [2.75, 3.05) is 5.32 Å². The van der Waals surface area contributed by atoms with Crippen LogP contribution in [0, 0.1) is 0 Å². The second kappa shape index (κ2) is 7.85. The van der Waals surface area contributed by atoms with E-state index in [1.807, 2.05) is 18.2 Å². The molecule has 0 saturated carbocycles. The molecule has 2 N–H and O–H groups in total. The van der Waals surface area contributed by atoms with Gasteiger partial charge in [0.1, 0.15) is 0 Å². The van der Waals surface area contributed by atoms with Gasteiger partial charge in [-0.05, 0) is 24.1 Å². The first kappa shape index (κ1) is 13.7. The van der Waals surface area contributed by atoms with Crippen molar-refractivity contribution in [1.82, 2.24) is 0 Å². The first-order chi connectivity index (χ1) is 8.26. The molecule has 1 aromatic carbocycles. The number of amides is 1. The summed E-state index contributed by atoms with van der Waals surface area (Å²) in [6.07, 6.45) is 5.00. The van der Waals surface area contributed by atoms with Gasteiger partial charge >= 0.3 is 0 Å². The molecular weight excluding hydrogens is 214 g/mol. The molecular formula is C14H21NO2. The summed E-state index contributed by atoms with van der Waals surface area (Å²) < 4.78 is 0. The minimum Gasteiger partial charge on any atom is -0.392 e. The van der Waals surface area contributed by atoms with Crippen molar-refractivity contribution < 1.29 is 9.90 Å². The minimum atomic E-state index is 0.000209. The molecule has 0 aliphatic carbocycles. The Morgan fingerprint density at radius 2 is 2.12 bits per heavy atom. The van der Waals surface area contributed by atoms with E-state index in [9.17, 15) is 4.79 Å². The zero-order valence-electron chi connectivity index (χ0n) is 10.4. The predicted octanol–water partition coefficient (Wildman–Crippen LogP) is 3.09. The van der Waals surface area contributed by atoms with E-state index in [4.69, 9.17) is 5.11 Å². The standard InChI is InChI=1S/C14H21NO2/c1-2-3-4-5-9-14(17)15-13-8-6-7-12(10-13)11-16/h6-8,10,16H,2-5,9,11H2,1H3,(H,15,17). The summed E-state index contributed by atoms with van der Waals surface area (Å²) in [5, 5.41) is 11.8. The van der Waals surface area contributed by atoms with Gasteiger partial charge in [-0.15, -0.1) is 0 Å². The molecule has 94 valence electrons. The summed E-state index contributed by atoms with van der Waals surface area (Å²) in [5.74, 6) is 0.0520. The Kier molecular flexibility index (Phi) is 6.33. The second-order valence-electron chi connectivity index (χ2n) is 4.22. The average Bonchev–Trinajstić information content (AvgIpc) is 2.35. The molecule has 0 saturated heterocycles. The van der Waals surface area contributed by atoms with Crippen LogP contribution in [0.4, 0.5) is 5.69 Å². The lowest BCUT2D eigenvalue weighted by atomic mass is 10.1. The van der Waals surface area contributed by atoms with Crippen molar-refractivity contribution in [3.8, 4) is 0 Å². The topological polar surface area (TPSA) is 49.3 Å². The molecule has 3 heteroatoms. The number of nitrogens with one attached hydrogen (secondary N) is 1. The van der Waals surface area contributed by atoms with Gasteiger partial charge in [0.25, 0.3) is 0 Å². The normalized spacial score (nSPS) is 10.2. The van der Waals surface area contributed by atoms with Crippen LogP contribution >= 0.6 is 0 Å². The smallest absolute Gasteiger partial charge is 0.224 e. The molecule has 1 amide bonds. The Bertz CT molecular complexity index is 350. The molecule has 3 nitrogen and oxygen atoms in total. The van der Waals surface area contributed by atoms with Gasteiger partial charge in [0.05, 0.1) is 6.61 Å².